The molecule has 20 heavy (non-hydrogen) atoms. The Hall–Kier alpha value is -1.74. The van der Waals surface area contributed by atoms with E-state index in [1.54, 1.807) is 11.8 Å². The molecule has 0 unspecified atom stereocenters. The zero-order chi connectivity index (χ0) is 14.5. The third-order valence-electron chi connectivity index (χ3n) is 3.15. The van der Waals surface area contributed by atoms with Crippen molar-refractivity contribution in [2.45, 2.75) is 25.7 Å². The number of amides is 1. The molecule has 0 fully saturated rings. The Labute approximate surface area is 124 Å². The first-order valence-corrected chi connectivity index (χ1v) is 7.71. The lowest BCUT2D eigenvalue weighted by Crippen LogP contribution is -2.14. The topological polar surface area (TPSA) is 29.1 Å². The first kappa shape index (κ1) is 14.7. The maximum Gasteiger partial charge on any atom is 0.256 e. The molecule has 0 aliphatic rings. The van der Waals surface area contributed by atoms with Crippen LogP contribution in [0.2, 0.25) is 0 Å². The van der Waals surface area contributed by atoms with Gasteiger partial charge in [-0.2, -0.15) is 0 Å². The summed E-state index contributed by atoms with van der Waals surface area (Å²) >= 11 is 1.69. The van der Waals surface area contributed by atoms with E-state index in [-0.39, 0.29) is 5.91 Å². The molecule has 2 rings (SSSR count). The highest BCUT2D eigenvalue weighted by atomic mass is 32.2. The molecule has 0 atom stereocenters. The highest BCUT2D eigenvalue weighted by molar-refractivity contribution is 7.99. The van der Waals surface area contributed by atoms with E-state index in [0.29, 0.717) is 0 Å². The van der Waals surface area contributed by atoms with E-state index >= 15 is 0 Å². The maximum atomic E-state index is 12.5. The van der Waals surface area contributed by atoms with Crippen LogP contribution in [0.25, 0.3) is 0 Å². The summed E-state index contributed by atoms with van der Waals surface area (Å²) in [6, 6.07) is 13.8. The van der Waals surface area contributed by atoms with Crippen molar-refractivity contribution in [3.8, 4) is 0 Å². The fraction of sp³-hybridized carbons (Fsp3) is 0.235. The summed E-state index contributed by atoms with van der Waals surface area (Å²) in [5.74, 6) is 0.909. The van der Waals surface area contributed by atoms with Crippen LogP contribution in [0.4, 0.5) is 5.69 Å². The Morgan fingerprint density at radius 2 is 1.70 bits per heavy atom. The monoisotopic (exact) mass is 285 g/mol. The Bertz CT molecular complexity index is 602. The third-order valence-corrected chi connectivity index (χ3v) is 4.11. The van der Waals surface area contributed by atoms with Crippen LogP contribution in [-0.4, -0.2) is 11.7 Å². The van der Waals surface area contributed by atoms with Crippen LogP contribution in [0.3, 0.4) is 0 Å². The van der Waals surface area contributed by atoms with Gasteiger partial charge in [0.25, 0.3) is 5.91 Å². The van der Waals surface area contributed by atoms with E-state index in [1.807, 2.05) is 56.3 Å². The number of carbonyl (C=O) groups excluding carboxylic acids is 1. The first-order chi connectivity index (χ1) is 9.63. The van der Waals surface area contributed by atoms with Crippen molar-refractivity contribution in [1.29, 1.82) is 0 Å². The standard InChI is InChI=1S/C17H19NOS/c1-4-20-15-11-6-5-10-14(15)17(19)18-16-12(2)8-7-9-13(16)3/h5-11H,4H2,1-3H3,(H,18,19). The molecular weight excluding hydrogens is 266 g/mol. The number of hydrogen-bond acceptors (Lipinski definition) is 2. The number of hydrogen-bond donors (Lipinski definition) is 1. The fourth-order valence-corrected chi connectivity index (χ4v) is 2.93. The summed E-state index contributed by atoms with van der Waals surface area (Å²) in [7, 11) is 0. The van der Waals surface area contributed by atoms with Crippen LogP contribution in [0, 0.1) is 13.8 Å². The van der Waals surface area contributed by atoms with Crippen molar-refractivity contribution in [3.63, 3.8) is 0 Å². The summed E-state index contributed by atoms with van der Waals surface area (Å²) in [4.78, 5) is 13.5. The van der Waals surface area contributed by atoms with Crippen LogP contribution in [0.1, 0.15) is 28.4 Å². The number of benzene rings is 2. The second-order valence-electron chi connectivity index (χ2n) is 4.65. The molecule has 0 saturated heterocycles. The molecule has 0 aliphatic carbocycles. The van der Waals surface area contributed by atoms with Crippen molar-refractivity contribution in [1.82, 2.24) is 0 Å². The van der Waals surface area contributed by atoms with E-state index in [1.165, 1.54) is 0 Å². The van der Waals surface area contributed by atoms with Gasteiger partial charge in [0.15, 0.2) is 0 Å². The van der Waals surface area contributed by atoms with Crippen molar-refractivity contribution in [2.24, 2.45) is 0 Å². The fourth-order valence-electron chi connectivity index (χ4n) is 2.13. The molecule has 0 bridgehead atoms. The van der Waals surface area contributed by atoms with E-state index < -0.39 is 0 Å². The van der Waals surface area contributed by atoms with Gasteiger partial charge in [-0.3, -0.25) is 4.79 Å². The predicted octanol–water partition coefficient (Wildman–Crippen LogP) is 4.67. The molecule has 0 saturated carbocycles. The van der Waals surface area contributed by atoms with Crippen LogP contribution in [-0.2, 0) is 0 Å². The second-order valence-corrected chi connectivity index (χ2v) is 5.96. The molecule has 0 aliphatic heterocycles. The lowest BCUT2D eigenvalue weighted by Gasteiger charge is -2.13. The molecule has 2 aromatic carbocycles. The molecule has 104 valence electrons. The normalized spacial score (nSPS) is 10.3. The number of thioether (sulfide) groups is 1. The zero-order valence-corrected chi connectivity index (χ0v) is 12.9. The number of para-hydroxylation sites is 1. The SMILES string of the molecule is CCSc1ccccc1C(=O)Nc1c(C)cccc1C. The lowest BCUT2D eigenvalue weighted by atomic mass is 10.1. The smallest absolute Gasteiger partial charge is 0.256 e. The molecule has 1 amide bonds. The molecule has 3 heteroatoms. The number of carbonyl (C=O) groups is 1. The minimum atomic E-state index is -0.0426. The number of aryl methyl sites for hydroxylation is 2. The molecule has 0 radical (unpaired) electrons. The van der Waals surface area contributed by atoms with Crippen molar-refractivity contribution in [2.75, 3.05) is 11.1 Å². The first-order valence-electron chi connectivity index (χ1n) is 6.73. The Morgan fingerprint density at radius 1 is 1.05 bits per heavy atom. The average Bonchev–Trinajstić information content (AvgIpc) is 2.44. The predicted molar refractivity (Wildman–Crippen MR) is 86.7 cm³/mol. The van der Waals surface area contributed by atoms with Gasteiger partial charge in [-0.25, -0.2) is 0 Å². The Balaban J connectivity index is 2.29. The van der Waals surface area contributed by atoms with Crippen molar-refractivity contribution >= 4 is 23.4 Å². The summed E-state index contributed by atoms with van der Waals surface area (Å²) in [6.07, 6.45) is 0. The largest absolute Gasteiger partial charge is 0.321 e. The molecular formula is C17H19NOS. The Morgan fingerprint density at radius 3 is 2.35 bits per heavy atom. The van der Waals surface area contributed by atoms with Gasteiger partial charge in [0, 0.05) is 10.6 Å². The summed E-state index contributed by atoms with van der Waals surface area (Å²) in [5.41, 5.74) is 3.81. The van der Waals surface area contributed by atoms with Crippen molar-refractivity contribution in [3.05, 3.63) is 59.2 Å². The molecule has 2 nitrogen and oxygen atoms in total. The molecule has 0 spiro atoms. The second kappa shape index (κ2) is 6.62. The van der Waals surface area contributed by atoms with Crippen LogP contribution in [0.15, 0.2) is 47.4 Å². The minimum Gasteiger partial charge on any atom is -0.321 e. The quantitative estimate of drug-likeness (QED) is 0.827. The van der Waals surface area contributed by atoms with Crippen LogP contribution >= 0.6 is 11.8 Å². The number of anilines is 1. The van der Waals surface area contributed by atoms with Gasteiger partial charge in [-0.1, -0.05) is 37.3 Å². The van der Waals surface area contributed by atoms with Gasteiger partial charge in [0.2, 0.25) is 0 Å². The van der Waals surface area contributed by atoms with Crippen LogP contribution < -0.4 is 5.32 Å². The van der Waals surface area contributed by atoms with Gasteiger partial charge in [0.1, 0.15) is 0 Å². The minimum absolute atomic E-state index is 0.0426. The van der Waals surface area contributed by atoms with Crippen LogP contribution in [0.5, 0.6) is 0 Å². The summed E-state index contributed by atoms with van der Waals surface area (Å²) in [6.45, 7) is 6.11. The molecule has 0 aromatic heterocycles. The zero-order valence-electron chi connectivity index (χ0n) is 12.1. The maximum absolute atomic E-state index is 12.5. The van der Waals surface area contributed by atoms with Gasteiger partial charge in [-0.15, -0.1) is 11.8 Å². The van der Waals surface area contributed by atoms with E-state index in [9.17, 15) is 4.79 Å². The van der Waals surface area contributed by atoms with E-state index in [4.69, 9.17) is 0 Å². The molecule has 0 heterocycles. The lowest BCUT2D eigenvalue weighted by molar-refractivity contribution is 0.102. The summed E-state index contributed by atoms with van der Waals surface area (Å²) < 4.78 is 0. The van der Waals surface area contributed by atoms with Gasteiger partial charge < -0.3 is 5.32 Å². The van der Waals surface area contributed by atoms with Gasteiger partial charge in [-0.05, 0) is 42.9 Å². The molecule has 1 N–H and O–H groups in total. The van der Waals surface area contributed by atoms with Crippen molar-refractivity contribution < 1.29 is 4.79 Å². The van der Waals surface area contributed by atoms with Gasteiger partial charge >= 0.3 is 0 Å². The van der Waals surface area contributed by atoms with E-state index in [0.717, 1.165) is 33.0 Å². The number of rotatable bonds is 4. The Kier molecular flexibility index (Phi) is 4.85. The van der Waals surface area contributed by atoms with Gasteiger partial charge in [0.05, 0.1) is 5.56 Å². The summed E-state index contributed by atoms with van der Waals surface area (Å²) in [5, 5.41) is 3.04. The molecule has 2 aromatic rings. The highest BCUT2D eigenvalue weighted by Crippen LogP contribution is 2.25. The third kappa shape index (κ3) is 3.23. The van der Waals surface area contributed by atoms with E-state index in [2.05, 4.69) is 12.2 Å². The number of nitrogens with one attached hydrogen (secondary N) is 1. The highest BCUT2D eigenvalue weighted by Gasteiger charge is 2.13. The average molecular weight is 285 g/mol.